The molecule has 1 aromatic carbocycles. The van der Waals surface area contributed by atoms with E-state index in [-0.39, 0.29) is 11.8 Å². The lowest BCUT2D eigenvalue weighted by atomic mass is 10.0. The molecule has 0 aliphatic heterocycles. The Balaban J connectivity index is 1.82. The maximum atomic E-state index is 12.5. The first kappa shape index (κ1) is 16.1. The number of hydroxylamine groups is 1. The Bertz CT molecular complexity index is 857. The fraction of sp³-hybridized carbons (Fsp3) is 0.278. The molecule has 0 saturated carbocycles. The van der Waals surface area contributed by atoms with Crippen molar-refractivity contribution in [1.82, 2.24) is 15.6 Å². The Morgan fingerprint density at radius 2 is 2.04 bits per heavy atom. The smallest absolute Gasteiger partial charge is 0.275 e. The largest absolute Gasteiger partial charge is 0.336 e. The molecule has 0 bridgehead atoms. The van der Waals surface area contributed by atoms with Crippen LogP contribution in [0.2, 0.25) is 0 Å². The van der Waals surface area contributed by atoms with Crippen LogP contribution in [0, 0.1) is 6.92 Å². The first-order chi connectivity index (χ1) is 11.6. The van der Waals surface area contributed by atoms with Crippen LogP contribution < -0.4 is 5.48 Å². The van der Waals surface area contributed by atoms with Crippen molar-refractivity contribution in [3.05, 3.63) is 58.9 Å². The highest BCUT2D eigenvalue weighted by molar-refractivity contribution is 6.05. The molecule has 3 aromatic rings. The van der Waals surface area contributed by atoms with E-state index >= 15 is 0 Å². The van der Waals surface area contributed by atoms with E-state index in [0.717, 1.165) is 11.3 Å². The molecule has 0 fully saturated rings. The number of amides is 1. The van der Waals surface area contributed by atoms with Crippen molar-refractivity contribution in [3.8, 4) is 0 Å². The molecule has 0 atom stereocenters. The first-order valence-corrected chi connectivity index (χ1v) is 7.79. The minimum atomic E-state index is -0.341. The summed E-state index contributed by atoms with van der Waals surface area (Å²) in [5.41, 5.74) is 5.68. The third-order valence-corrected chi connectivity index (χ3v) is 3.72. The molecule has 0 aliphatic rings. The Labute approximate surface area is 139 Å². The number of nitrogens with one attached hydrogen (secondary N) is 1. The molecular weight excluding hydrogens is 306 g/mol. The number of fused-ring (bicyclic) bond motifs is 1. The summed E-state index contributed by atoms with van der Waals surface area (Å²) >= 11 is 0. The lowest BCUT2D eigenvalue weighted by Gasteiger charge is -2.09. The average molecular weight is 325 g/mol. The third-order valence-electron chi connectivity index (χ3n) is 3.72. The molecule has 124 valence electrons. The molecule has 0 saturated heterocycles. The van der Waals surface area contributed by atoms with Crippen LogP contribution in [0.1, 0.15) is 47.1 Å². The van der Waals surface area contributed by atoms with Gasteiger partial charge in [0.05, 0.1) is 23.3 Å². The van der Waals surface area contributed by atoms with Crippen molar-refractivity contribution in [2.24, 2.45) is 0 Å². The van der Waals surface area contributed by atoms with Gasteiger partial charge in [-0.3, -0.25) is 9.63 Å². The normalized spacial score (nSPS) is 11.2. The van der Waals surface area contributed by atoms with Crippen molar-refractivity contribution < 1.29 is 14.2 Å². The van der Waals surface area contributed by atoms with Crippen LogP contribution in [-0.2, 0) is 11.4 Å². The molecule has 6 nitrogen and oxygen atoms in total. The number of aromatic nitrogens is 2. The van der Waals surface area contributed by atoms with Crippen LogP contribution in [0.15, 0.2) is 40.9 Å². The maximum Gasteiger partial charge on any atom is 0.275 e. The zero-order valence-electron chi connectivity index (χ0n) is 13.9. The van der Waals surface area contributed by atoms with Gasteiger partial charge in [-0.25, -0.2) is 10.5 Å². The van der Waals surface area contributed by atoms with Gasteiger partial charge >= 0.3 is 0 Å². The monoisotopic (exact) mass is 325 g/mol. The van der Waals surface area contributed by atoms with E-state index < -0.39 is 0 Å². The zero-order chi connectivity index (χ0) is 17.1. The second kappa shape index (κ2) is 6.80. The van der Waals surface area contributed by atoms with Gasteiger partial charge in [-0.05, 0) is 24.5 Å². The van der Waals surface area contributed by atoms with Gasteiger partial charge in [0, 0.05) is 5.69 Å². The van der Waals surface area contributed by atoms with Gasteiger partial charge in [0.25, 0.3) is 11.6 Å². The van der Waals surface area contributed by atoms with Gasteiger partial charge in [-0.15, -0.1) is 0 Å². The summed E-state index contributed by atoms with van der Waals surface area (Å²) in [6, 6.07) is 11.4. The molecule has 24 heavy (non-hydrogen) atoms. The first-order valence-electron chi connectivity index (χ1n) is 7.79. The van der Waals surface area contributed by atoms with Gasteiger partial charge < -0.3 is 4.52 Å². The van der Waals surface area contributed by atoms with Crippen LogP contribution in [0.5, 0.6) is 0 Å². The van der Waals surface area contributed by atoms with E-state index in [4.69, 9.17) is 9.36 Å². The summed E-state index contributed by atoms with van der Waals surface area (Å²) in [5.74, 6) is -0.178. The minimum Gasteiger partial charge on any atom is -0.336 e. The molecule has 0 spiro atoms. The lowest BCUT2D eigenvalue weighted by Crippen LogP contribution is -2.24. The number of hydrogen-bond acceptors (Lipinski definition) is 5. The predicted molar refractivity (Wildman–Crippen MR) is 89.3 cm³/mol. The number of hydrogen-bond donors (Lipinski definition) is 1. The van der Waals surface area contributed by atoms with E-state index in [1.165, 1.54) is 0 Å². The summed E-state index contributed by atoms with van der Waals surface area (Å²) in [5, 5.41) is 4.52. The van der Waals surface area contributed by atoms with E-state index in [1.807, 2.05) is 44.2 Å². The number of rotatable bonds is 5. The fourth-order valence-corrected chi connectivity index (χ4v) is 2.40. The number of carbonyl (C=O) groups is 1. The molecule has 2 heterocycles. The van der Waals surface area contributed by atoms with Gasteiger partial charge in [0.2, 0.25) is 0 Å². The number of nitrogens with zero attached hydrogens (tertiary/aromatic N) is 2. The molecule has 2 aromatic heterocycles. The summed E-state index contributed by atoms with van der Waals surface area (Å²) in [4.78, 5) is 22.3. The molecule has 1 amide bonds. The van der Waals surface area contributed by atoms with Gasteiger partial charge in [0.15, 0.2) is 0 Å². The molecule has 6 heteroatoms. The quantitative estimate of drug-likeness (QED) is 0.726. The molecule has 0 radical (unpaired) electrons. The number of aryl methyl sites for hydroxylation is 1. The van der Waals surface area contributed by atoms with E-state index in [1.54, 1.807) is 13.0 Å². The summed E-state index contributed by atoms with van der Waals surface area (Å²) in [7, 11) is 0. The summed E-state index contributed by atoms with van der Waals surface area (Å²) in [6.45, 7) is 6.08. The molecule has 0 unspecified atom stereocenters. The van der Waals surface area contributed by atoms with Crippen LogP contribution in [0.3, 0.4) is 0 Å². The molecular formula is C18H19N3O3. The van der Waals surface area contributed by atoms with Crippen molar-refractivity contribution in [2.45, 2.75) is 33.3 Å². The Kier molecular flexibility index (Phi) is 4.57. The van der Waals surface area contributed by atoms with E-state index in [0.29, 0.717) is 29.0 Å². The Morgan fingerprint density at radius 3 is 2.75 bits per heavy atom. The Morgan fingerprint density at radius 1 is 1.29 bits per heavy atom. The van der Waals surface area contributed by atoms with E-state index in [2.05, 4.69) is 15.6 Å². The molecule has 3 rings (SSSR count). The fourth-order valence-electron chi connectivity index (χ4n) is 2.40. The minimum absolute atomic E-state index is 0.164. The standard InChI is InChI=1S/C18H19N3O3/c1-11(2)15-9-14(16-12(3)20-24-18(16)19-15)17(22)21-23-10-13-7-5-4-6-8-13/h4-9,11H,10H2,1-3H3,(H,21,22). The van der Waals surface area contributed by atoms with Crippen LogP contribution in [0.4, 0.5) is 0 Å². The van der Waals surface area contributed by atoms with Crippen LogP contribution in [0.25, 0.3) is 11.1 Å². The highest BCUT2D eigenvalue weighted by atomic mass is 16.6. The van der Waals surface area contributed by atoms with Crippen molar-refractivity contribution in [1.29, 1.82) is 0 Å². The topological polar surface area (TPSA) is 77.2 Å². The number of benzene rings is 1. The zero-order valence-corrected chi connectivity index (χ0v) is 13.9. The molecule has 0 aliphatic carbocycles. The highest BCUT2D eigenvalue weighted by Crippen LogP contribution is 2.25. The predicted octanol–water partition coefficient (Wildman–Crippen LogP) is 3.52. The van der Waals surface area contributed by atoms with Gasteiger partial charge in [0.1, 0.15) is 0 Å². The third kappa shape index (κ3) is 3.28. The van der Waals surface area contributed by atoms with Gasteiger partial charge in [-0.2, -0.15) is 0 Å². The SMILES string of the molecule is Cc1noc2nc(C(C)C)cc(C(=O)NOCc3ccccc3)c12. The van der Waals surface area contributed by atoms with Crippen LogP contribution in [-0.4, -0.2) is 16.0 Å². The average Bonchev–Trinajstić information content (AvgIpc) is 2.96. The van der Waals surface area contributed by atoms with Crippen molar-refractivity contribution in [3.63, 3.8) is 0 Å². The van der Waals surface area contributed by atoms with Crippen molar-refractivity contribution in [2.75, 3.05) is 0 Å². The molecule has 1 N–H and O–H groups in total. The second-order valence-corrected chi connectivity index (χ2v) is 5.90. The Hall–Kier alpha value is -2.73. The second-order valence-electron chi connectivity index (χ2n) is 5.90. The van der Waals surface area contributed by atoms with Crippen LogP contribution >= 0.6 is 0 Å². The van der Waals surface area contributed by atoms with Gasteiger partial charge in [-0.1, -0.05) is 49.3 Å². The number of pyridine rings is 1. The van der Waals surface area contributed by atoms with E-state index in [9.17, 15) is 4.79 Å². The maximum absolute atomic E-state index is 12.5. The number of carbonyl (C=O) groups excluding carboxylic acids is 1. The highest BCUT2D eigenvalue weighted by Gasteiger charge is 2.19. The van der Waals surface area contributed by atoms with Crippen molar-refractivity contribution >= 4 is 17.0 Å². The lowest BCUT2D eigenvalue weighted by molar-refractivity contribution is 0.0235. The summed E-state index contributed by atoms with van der Waals surface area (Å²) in [6.07, 6.45) is 0. The summed E-state index contributed by atoms with van der Waals surface area (Å²) < 4.78 is 5.22.